The van der Waals surface area contributed by atoms with E-state index < -0.39 is 0 Å². The quantitative estimate of drug-likeness (QED) is 0.642. The molecule has 1 aliphatic carbocycles. The molecule has 0 aliphatic heterocycles. The molecule has 0 saturated heterocycles. The number of benzene rings is 2. The first kappa shape index (κ1) is 18.2. The monoisotopic (exact) mass is 342 g/mol. The zero-order valence-corrected chi connectivity index (χ0v) is 15.7. The first-order valence-electron chi connectivity index (χ1n) is 9.44. The smallest absolute Gasteiger partial charge is 0.118 e. The Morgan fingerprint density at radius 2 is 1.42 bits per heavy atom. The van der Waals surface area contributed by atoms with Crippen molar-refractivity contribution in [3.05, 3.63) is 65.2 Å². The predicted molar refractivity (Wildman–Crippen MR) is 108 cm³/mol. The molecular weight excluding hydrogens is 316 g/mol. The summed E-state index contributed by atoms with van der Waals surface area (Å²) in [6, 6.07) is 16.7. The van der Waals surface area contributed by atoms with Crippen molar-refractivity contribution in [2.45, 2.75) is 44.9 Å². The van der Waals surface area contributed by atoms with E-state index in [1.807, 2.05) is 31.2 Å². The second kappa shape index (κ2) is 9.17. The van der Waals surface area contributed by atoms with Crippen molar-refractivity contribution in [3.8, 4) is 29.4 Å². The third kappa shape index (κ3) is 4.93. The lowest BCUT2D eigenvalue weighted by atomic mass is 9.77. The number of methoxy groups -OCH3 is 1. The van der Waals surface area contributed by atoms with Crippen molar-refractivity contribution in [2.75, 3.05) is 7.11 Å². The molecule has 0 bridgehead atoms. The topological polar surface area (TPSA) is 9.23 Å². The molecule has 0 aromatic heterocycles. The van der Waals surface area contributed by atoms with E-state index >= 15 is 0 Å². The van der Waals surface area contributed by atoms with Crippen LogP contribution in [0.1, 0.15) is 61.6 Å². The highest BCUT2D eigenvalue weighted by atomic mass is 16.5. The molecule has 1 heteroatoms. The van der Waals surface area contributed by atoms with Gasteiger partial charge in [-0.1, -0.05) is 24.0 Å². The minimum Gasteiger partial charge on any atom is -0.497 e. The maximum Gasteiger partial charge on any atom is 0.118 e. The summed E-state index contributed by atoms with van der Waals surface area (Å²) in [5.41, 5.74) is 3.53. The summed E-state index contributed by atoms with van der Waals surface area (Å²) in [6.07, 6.45) is 6.25. The van der Waals surface area contributed by atoms with Crippen LogP contribution in [0.2, 0.25) is 0 Å². The van der Waals surface area contributed by atoms with Gasteiger partial charge in [0.2, 0.25) is 0 Å². The fraction of sp³-hybridized carbons (Fsp3) is 0.360. The van der Waals surface area contributed by atoms with Crippen molar-refractivity contribution in [1.82, 2.24) is 0 Å². The van der Waals surface area contributed by atoms with Gasteiger partial charge in [0.25, 0.3) is 0 Å². The van der Waals surface area contributed by atoms with Gasteiger partial charge in [-0.25, -0.2) is 0 Å². The maximum absolute atomic E-state index is 5.17. The van der Waals surface area contributed by atoms with E-state index in [4.69, 9.17) is 4.74 Å². The van der Waals surface area contributed by atoms with Crippen molar-refractivity contribution >= 4 is 0 Å². The molecule has 1 nitrogen and oxygen atoms in total. The van der Waals surface area contributed by atoms with Crippen LogP contribution >= 0.6 is 0 Å². The van der Waals surface area contributed by atoms with Crippen LogP contribution in [0.3, 0.4) is 0 Å². The van der Waals surface area contributed by atoms with Crippen molar-refractivity contribution in [3.63, 3.8) is 0 Å². The molecule has 0 heterocycles. The summed E-state index contributed by atoms with van der Waals surface area (Å²) >= 11 is 0. The molecule has 3 rings (SSSR count). The van der Waals surface area contributed by atoms with E-state index in [2.05, 4.69) is 47.9 Å². The summed E-state index contributed by atoms with van der Waals surface area (Å²) in [5, 5.41) is 0. The normalized spacial score (nSPS) is 18.8. The van der Waals surface area contributed by atoms with Crippen LogP contribution in [0.4, 0.5) is 0 Å². The Balaban J connectivity index is 1.58. The number of hydrogen-bond donors (Lipinski definition) is 0. The van der Waals surface area contributed by atoms with Gasteiger partial charge in [-0.15, -0.1) is 11.8 Å². The van der Waals surface area contributed by atoms with Gasteiger partial charge < -0.3 is 4.74 Å². The largest absolute Gasteiger partial charge is 0.497 e. The Morgan fingerprint density at radius 3 is 1.96 bits per heavy atom. The van der Waals surface area contributed by atoms with Crippen LogP contribution in [0.15, 0.2) is 48.5 Å². The fourth-order valence-corrected chi connectivity index (χ4v) is 3.60. The molecule has 0 N–H and O–H groups in total. The van der Waals surface area contributed by atoms with Gasteiger partial charge in [-0.05, 0) is 86.4 Å². The van der Waals surface area contributed by atoms with Crippen LogP contribution in [0, 0.1) is 29.6 Å². The lowest BCUT2D eigenvalue weighted by Crippen LogP contribution is -2.12. The Hall–Kier alpha value is -2.64. The summed E-state index contributed by atoms with van der Waals surface area (Å²) in [7, 11) is 1.67. The van der Waals surface area contributed by atoms with E-state index in [1.54, 1.807) is 7.11 Å². The third-order valence-electron chi connectivity index (χ3n) is 5.24. The van der Waals surface area contributed by atoms with Gasteiger partial charge in [0, 0.05) is 17.5 Å². The molecule has 0 unspecified atom stereocenters. The molecule has 0 amide bonds. The SMILES string of the molecule is CC#CCC1CCC(c2ccc(C#Cc3ccc(OC)cc3)cc2)CC1. The lowest BCUT2D eigenvalue weighted by Gasteiger charge is -2.27. The van der Waals surface area contributed by atoms with E-state index in [-0.39, 0.29) is 0 Å². The van der Waals surface area contributed by atoms with Crippen LogP contribution in [-0.4, -0.2) is 7.11 Å². The molecule has 0 radical (unpaired) electrons. The zero-order chi connectivity index (χ0) is 18.2. The molecule has 1 saturated carbocycles. The molecule has 26 heavy (non-hydrogen) atoms. The Morgan fingerprint density at radius 1 is 0.846 bits per heavy atom. The van der Waals surface area contributed by atoms with Gasteiger partial charge in [0.05, 0.1) is 7.11 Å². The zero-order valence-electron chi connectivity index (χ0n) is 15.7. The molecule has 132 valence electrons. The summed E-state index contributed by atoms with van der Waals surface area (Å²) in [4.78, 5) is 0. The molecule has 1 aliphatic rings. The average Bonchev–Trinajstić information content (AvgIpc) is 2.72. The molecule has 0 atom stereocenters. The number of ether oxygens (including phenoxy) is 1. The van der Waals surface area contributed by atoms with Crippen LogP contribution in [-0.2, 0) is 0 Å². The van der Waals surface area contributed by atoms with Crippen molar-refractivity contribution in [1.29, 1.82) is 0 Å². The van der Waals surface area contributed by atoms with Gasteiger partial charge >= 0.3 is 0 Å². The molecule has 0 spiro atoms. The highest BCUT2D eigenvalue weighted by Gasteiger charge is 2.21. The standard InChI is InChI=1S/C25H26O/c1-3-4-5-20-8-14-23(15-9-20)24-16-10-21(11-17-24)6-7-22-12-18-25(26-2)19-13-22/h10-13,16-20,23H,5,8-9,14-15H2,1-2H3. The van der Waals surface area contributed by atoms with Crippen LogP contribution < -0.4 is 4.74 Å². The van der Waals surface area contributed by atoms with E-state index in [1.165, 1.54) is 31.2 Å². The van der Waals surface area contributed by atoms with E-state index in [0.717, 1.165) is 29.2 Å². The average molecular weight is 342 g/mol. The van der Waals surface area contributed by atoms with Gasteiger partial charge in [0.15, 0.2) is 0 Å². The van der Waals surface area contributed by atoms with Crippen LogP contribution in [0.25, 0.3) is 0 Å². The minimum absolute atomic E-state index is 0.699. The summed E-state index contributed by atoms with van der Waals surface area (Å²) in [6.45, 7) is 1.94. The van der Waals surface area contributed by atoms with Gasteiger partial charge in [-0.3, -0.25) is 0 Å². The molecule has 2 aromatic rings. The molecular formula is C25H26O. The van der Waals surface area contributed by atoms with Crippen LogP contribution in [0.5, 0.6) is 5.75 Å². The highest BCUT2D eigenvalue weighted by molar-refractivity contribution is 5.45. The fourth-order valence-electron chi connectivity index (χ4n) is 3.60. The first-order chi connectivity index (χ1) is 12.8. The minimum atomic E-state index is 0.699. The Labute approximate surface area is 157 Å². The Bertz CT molecular complexity index is 814. The van der Waals surface area contributed by atoms with Gasteiger partial charge in [0.1, 0.15) is 5.75 Å². The lowest BCUT2D eigenvalue weighted by molar-refractivity contribution is 0.331. The summed E-state index contributed by atoms with van der Waals surface area (Å²) < 4.78 is 5.17. The third-order valence-corrected chi connectivity index (χ3v) is 5.24. The predicted octanol–water partition coefficient (Wildman–Crippen LogP) is 5.78. The second-order valence-electron chi connectivity index (χ2n) is 6.95. The maximum atomic E-state index is 5.17. The second-order valence-corrected chi connectivity index (χ2v) is 6.95. The molecule has 2 aromatic carbocycles. The summed E-state index contributed by atoms with van der Waals surface area (Å²) in [5.74, 6) is 15.1. The number of rotatable bonds is 3. The van der Waals surface area contributed by atoms with Gasteiger partial charge in [-0.2, -0.15) is 0 Å². The Kier molecular flexibility index (Phi) is 6.40. The van der Waals surface area contributed by atoms with Crippen molar-refractivity contribution < 1.29 is 4.74 Å². The highest BCUT2D eigenvalue weighted by Crippen LogP contribution is 2.36. The molecule has 1 fully saturated rings. The first-order valence-corrected chi connectivity index (χ1v) is 9.44. The number of hydrogen-bond acceptors (Lipinski definition) is 1. The van der Waals surface area contributed by atoms with E-state index in [9.17, 15) is 0 Å². The van der Waals surface area contributed by atoms with Crippen molar-refractivity contribution in [2.24, 2.45) is 5.92 Å². The van der Waals surface area contributed by atoms with E-state index in [0.29, 0.717) is 5.92 Å².